The average Bonchev–Trinajstić information content (AvgIpc) is 3.24. The maximum atomic E-state index is 15.0. The fraction of sp³-hybridized carbons (Fsp3) is 0.625. The van der Waals surface area contributed by atoms with Gasteiger partial charge in [-0.2, -0.15) is 0 Å². The summed E-state index contributed by atoms with van der Waals surface area (Å²) in [5.41, 5.74) is -8.21. The number of aliphatic hydroxyl groups is 4. The monoisotopic (exact) mass is 942 g/mol. The molecule has 0 aromatic heterocycles. The van der Waals surface area contributed by atoms with Gasteiger partial charge in [-0.25, -0.2) is 14.4 Å². The van der Waals surface area contributed by atoms with Crippen LogP contribution in [-0.4, -0.2) is 153 Å². The summed E-state index contributed by atoms with van der Waals surface area (Å²) in [5.74, 6) is -8.25. The lowest BCUT2D eigenvalue weighted by Gasteiger charge is -2.66. The van der Waals surface area contributed by atoms with Gasteiger partial charge >= 0.3 is 35.9 Å². The predicted molar refractivity (Wildman–Crippen MR) is 236 cm³/mol. The van der Waals surface area contributed by atoms with Crippen LogP contribution in [0.1, 0.15) is 97.1 Å². The van der Waals surface area contributed by atoms with E-state index in [0.717, 1.165) is 11.8 Å². The van der Waals surface area contributed by atoms with E-state index >= 15 is 4.79 Å². The topological polar surface area (TPSA) is 274 Å². The third-order valence-electron chi connectivity index (χ3n) is 13.4. The summed E-state index contributed by atoms with van der Waals surface area (Å²) in [6, 6.07) is 14.2. The average molecular weight is 943 g/mol. The first-order chi connectivity index (χ1) is 31.0. The Hall–Kier alpha value is -5.18. The predicted octanol–water partition coefficient (Wildman–Crippen LogP) is 2.94. The summed E-state index contributed by atoms with van der Waals surface area (Å²) in [7, 11) is 1.33. The van der Waals surface area contributed by atoms with E-state index in [1.807, 2.05) is 0 Å². The number of aliphatic hydroxyl groups excluding tert-OH is 3. The van der Waals surface area contributed by atoms with Crippen molar-refractivity contribution in [3.8, 4) is 0 Å². The lowest BCUT2D eigenvalue weighted by molar-refractivity contribution is -0.359. The van der Waals surface area contributed by atoms with E-state index in [1.165, 1.54) is 45.2 Å². The van der Waals surface area contributed by atoms with Gasteiger partial charge in [0.15, 0.2) is 5.60 Å². The molecule has 19 nitrogen and oxygen atoms in total. The fourth-order valence-electron chi connectivity index (χ4n) is 9.65. The molecule has 0 bridgehead atoms. The van der Waals surface area contributed by atoms with Crippen molar-refractivity contribution >= 4 is 35.9 Å². The zero-order valence-corrected chi connectivity index (χ0v) is 39.7. The lowest BCUT2D eigenvalue weighted by atomic mass is 9.49. The van der Waals surface area contributed by atoms with Crippen molar-refractivity contribution in [3.63, 3.8) is 0 Å². The number of aliphatic carboxylic acids is 1. The van der Waals surface area contributed by atoms with E-state index in [2.05, 4.69) is 5.32 Å². The second-order valence-corrected chi connectivity index (χ2v) is 20.3. The first-order valence-corrected chi connectivity index (χ1v) is 22.2. The van der Waals surface area contributed by atoms with Crippen LogP contribution >= 0.6 is 0 Å². The molecule has 19 heteroatoms. The summed E-state index contributed by atoms with van der Waals surface area (Å²) < 4.78 is 36.0. The molecular weight excluding hydrogens is 877 g/mol. The summed E-state index contributed by atoms with van der Waals surface area (Å²) in [6.45, 7) is 12.2. The van der Waals surface area contributed by atoms with Gasteiger partial charge in [-0.05, 0) is 50.9 Å². The molecule has 2 saturated carbocycles. The molecule has 5 rings (SSSR count). The Morgan fingerprint density at radius 1 is 0.910 bits per heavy atom. The number of fused-ring (bicyclic) bond motifs is 3. The number of amides is 1. The third-order valence-corrected chi connectivity index (χ3v) is 13.4. The number of carbonyl (C=O) groups is 6. The van der Waals surface area contributed by atoms with Gasteiger partial charge in [-0.15, -0.1) is 0 Å². The molecule has 6 N–H and O–H groups in total. The highest BCUT2D eigenvalue weighted by Gasteiger charge is 2.76. The van der Waals surface area contributed by atoms with Gasteiger partial charge in [0, 0.05) is 31.1 Å². The second kappa shape index (κ2) is 20.2. The minimum Gasteiger partial charge on any atom is -0.480 e. The van der Waals surface area contributed by atoms with Crippen molar-refractivity contribution in [2.75, 3.05) is 26.7 Å². The minimum atomic E-state index is -2.38. The van der Waals surface area contributed by atoms with Gasteiger partial charge in [0.05, 0.1) is 49.5 Å². The number of carboxylic acids is 1. The molecule has 2 aromatic carbocycles. The molecule has 2 aromatic rings. The normalized spacial score (nSPS) is 31.6. The molecule has 0 spiro atoms. The first kappa shape index (κ1) is 52.8. The smallest absolute Gasteiger partial charge is 0.408 e. The highest BCUT2D eigenvalue weighted by atomic mass is 16.6. The standard InChI is InChI=1S/C48H66N2O17/c1-26-30(63-42(59)37(64-34(55)24-50(10)23-33(53)54)35(28-17-13-11-14-18-28)49-43(60)67-45(6,7)8)22-48(61,44(3,4)5)40(65-41(58)29-19-15-12-16-20-29)38-46(9,39(57)36(26)56)31(52)21-32-47(38,25-62-32)66-27(2)51/h11-20,26,30-32,35-40,52,56-57,61H,21-25H2,1-10H3,(H,49,60)(H,53,54)/t26?,30-,31-,32+,35-,36+,37+,38-,39+,40-,46+,47-,48?/m0/s1. The van der Waals surface area contributed by atoms with E-state index in [0.29, 0.717) is 0 Å². The molecule has 1 amide bonds. The summed E-state index contributed by atoms with van der Waals surface area (Å²) in [5, 5.41) is 62.6. The number of nitrogens with zero attached hydrogens (tertiary/aromatic N) is 1. The van der Waals surface area contributed by atoms with E-state index in [1.54, 1.807) is 77.9 Å². The lowest BCUT2D eigenvalue weighted by Crippen LogP contribution is -2.80. The largest absolute Gasteiger partial charge is 0.480 e. The van der Waals surface area contributed by atoms with Crippen LogP contribution in [0.2, 0.25) is 0 Å². The number of carbonyl (C=O) groups excluding carboxylic acids is 5. The number of nitrogens with one attached hydrogen (secondary N) is 1. The van der Waals surface area contributed by atoms with Crippen LogP contribution in [0.5, 0.6) is 0 Å². The SMILES string of the molecule is CC(=O)O[C@@]12CO[C@@H]1C[C@H](O)[C@@]1(C)[C@H](O)[C@H](O)C(C)[C@@H](OC(=O)[C@H](OC(=O)CN(C)CC(=O)O)[C@@H](NC(=O)OC(C)(C)C)c3ccccc3)CC(O)(C(C)(C)C)[C@@H](OC(=O)c3ccccc3)[C@H]21. The van der Waals surface area contributed by atoms with Crippen LogP contribution in [0.25, 0.3) is 0 Å². The van der Waals surface area contributed by atoms with Gasteiger partial charge in [0.1, 0.15) is 35.6 Å². The molecule has 1 saturated heterocycles. The molecule has 1 heterocycles. The highest BCUT2D eigenvalue weighted by Crippen LogP contribution is 2.61. The number of likely N-dealkylation sites (N-methyl/N-ethyl adjacent to an activating group) is 1. The molecule has 1 aliphatic heterocycles. The van der Waals surface area contributed by atoms with Crippen LogP contribution in [0.3, 0.4) is 0 Å². The number of esters is 4. The van der Waals surface area contributed by atoms with Crippen molar-refractivity contribution in [1.82, 2.24) is 10.2 Å². The number of ether oxygens (including phenoxy) is 6. The summed E-state index contributed by atoms with van der Waals surface area (Å²) >= 11 is 0. The number of hydrogen-bond acceptors (Lipinski definition) is 17. The van der Waals surface area contributed by atoms with E-state index in [9.17, 15) is 49.5 Å². The Morgan fingerprint density at radius 2 is 1.51 bits per heavy atom. The Balaban J connectivity index is 1.71. The van der Waals surface area contributed by atoms with Crippen molar-refractivity contribution in [3.05, 3.63) is 71.8 Å². The summed E-state index contributed by atoms with van der Waals surface area (Å²) in [6.07, 6.45) is -13.9. The van der Waals surface area contributed by atoms with Gasteiger partial charge in [0.25, 0.3) is 0 Å². The molecule has 13 atom stereocenters. The number of alkyl carbamates (subject to hydrolysis) is 1. The molecular formula is C48H66N2O17. The molecule has 3 fully saturated rings. The second-order valence-electron chi connectivity index (χ2n) is 20.3. The maximum Gasteiger partial charge on any atom is 0.408 e. The van der Waals surface area contributed by atoms with Crippen molar-refractivity contribution in [2.24, 2.45) is 22.7 Å². The molecule has 2 unspecified atom stereocenters. The molecule has 370 valence electrons. The van der Waals surface area contributed by atoms with Crippen molar-refractivity contribution in [1.29, 1.82) is 0 Å². The van der Waals surface area contributed by atoms with Crippen LogP contribution in [-0.2, 0) is 47.6 Å². The van der Waals surface area contributed by atoms with Gasteiger partial charge in [-0.1, -0.05) is 83.1 Å². The van der Waals surface area contributed by atoms with Gasteiger partial charge < -0.3 is 59.3 Å². The zero-order valence-electron chi connectivity index (χ0n) is 39.7. The third kappa shape index (κ3) is 11.2. The first-order valence-electron chi connectivity index (χ1n) is 22.2. The minimum absolute atomic E-state index is 0.0552. The van der Waals surface area contributed by atoms with Crippen LogP contribution in [0.4, 0.5) is 4.79 Å². The maximum absolute atomic E-state index is 15.0. The highest BCUT2D eigenvalue weighted by molar-refractivity contribution is 5.89. The quantitative estimate of drug-likeness (QED) is 0.124. The van der Waals surface area contributed by atoms with E-state index in [-0.39, 0.29) is 24.2 Å². The van der Waals surface area contributed by atoms with Crippen molar-refractivity contribution in [2.45, 2.75) is 141 Å². The fourth-order valence-corrected chi connectivity index (χ4v) is 9.65. The van der Waals surface area contributed by atoms with Crippen molar-refractivity contribution < 1.29 is 82.7 Å². The number of rotatable bonds is 13. The molecule has 3 aliphatic rings. The number of hydrogen-bond donors (Lipinski definition) is 6. The van der Waals surface area contributed by atoms with E-state index in [4.69, 9.17) is 28.4 Å². The summed E-state index contributed by atoms with van der Waals surface area (Å²) in [4.78, 5) is 82.0. The molecule has 2 aliphatic carbocycles. The molecule has 67 heavy (non-hydrogen) atoms. The number of carboxylic acid groups (broad SMARTS) is 1. The van der Waals surface area contributed by atoms with E-state index < -0.39 is 144 Å². The van der Waals surface area contributed by atoms with Crippen LogP contribution in [0.15, 0.2) is 60.7 Å². The molecule has 0 radical (unpaired) electrons. The Bertz CT molecular complexity index is 2110. The van der Waals surface area contributed by atoms with Gasteiger partial charge in [-0.3, -0.25) is 19.3 Å². The van der Waals surface area contributed by atoms with Crippen LogP contribution in [0, 0.1) is 22.7 Å². The Kier molecular flexibility index (Phi) is 15.9. The van der Waals surface area contributed by atoms with Gasteiger partial charge in [0.2, 0.25) is 6.10 Å². The number of benzene rings is 2. The zero-order chi connectivity index (χ0) is 50.0. The van der Waals surface area contributed by atoms with Crippen LogP contribution < -0.4 is 5.32 Å². The Labute approximate surface area is 390 Å². The Morgan fingerprint density at radius 3 is 2.03 bits per heavy atom.